The van der Waals surface area contributed by atoms with Gasteiger partial charge in [-0.25, -0.2) is 0 Å². The van der Waals surface area contributed by atoms with Crippen molar-refractivity contribution in [1.29, 1.82) is 0 Å². The predicted molar refractivity (Wildman–Crippen MR) is 43.9 cm³/mol. The fourth-order valence-corrected chi connectivity index (χ4v) is 0.667. The molecule has 4 nitrogen and oxygen atoms in total. The van der Waals surface area contributed by atoms with E-state index in [4.69, 9.17) is 12.2 Å². The zero-order valence-corrected chi connectivity index (χ0v) is 10.6. The Morgan fingerprint density at radius 1 is 1.42 bits per heavy atom. The van der Waals surface area contributed by atoms with Gasteiger partial charge in [-0.1, -0.05) is 0 Å². The molecule has 0 saturated carbocycles. The first kappa shape index (κ1) is 14.7. The molecule has 0 atom stereocenters. The molecule has 0 aliphatic rings. The maximum Gasteiger partial charge on any atom is 1.00 e. The summed E-state index contributed by atoms with van der Waals surface area (Å²) in [5, 5.41) is 10.6. The van der Waals surface area contributed by atoms with E-state index < -0.39 is 5.97 Å². The quantitative estimate of drug-likeness (QED) is 0.331. The van der Waals surface area contributed by atoms with Gasteiger partial charge < -0.3 is 19.7 Å². The number of rotatable bonds is 2. The summed E-state index contributed by atoms with van der Waals surface area (Å²) in [6.07, 6.45) is 0. The Kier molecular flexibility index (Phi) is 8.13. The van der Waals surface area contributed by atoms with Crippen molar-refractivity contribution in [2.24, 2.45) is 0 Å². The topological polar surface area (TPSA) is 46.6 Å². The molecular weight excluding hydrogens is 187 g/mol. The Morgan fingerprint density at radius 2 is 1.83 bits per heavy atom. The van der Waals surface area contributed by atoms with Crippen LogP contribution in [0.1, 0.15) is 0 Å². The molecule has 0 spiro atoms. The minimum atomic E-state index is -1.13. The summed E-state index contributed by atoms with van der Waals surface area (Å²) < 4.78 is 0. The largest absolute Gasteiger partial charge is 1.00 e. The van der Waals surface area contributed by atoms with Gasteiger partial charge in [0.1, 0.15) is 0 Å². The van der Waals surface area contributed by atoms with E-state index in [0.717, 1.165) is 0 Å². The van der Waals surface area contributed by atoms with Crippen molar-refractivity contribution in [3.05, 3.63) is 0 Å². The first-order valence-corrected chi connectivity index (χ1v) is 3.48. The van der Waals surface area contributed by atoms with Crippen LogP contribution in [0.25, 0.3) is 0 Å². The zero-order valence-electron chi connectivity index (χ0n) is 7.83. The first-order valence-electron chi connectivity index (χ1n) is 3.07. The molecule has 0 radical (unpaired) electrons. The number of carboxylic acid groups (broad SMARTS) is 1. The summed E-state index contributed by atoms with van der Waals surface area (Å²) in [5.41, 5.74) is 0. The molecule has 0 amide bonds. The van der Waals surface area contributed by atoms with E-state index in [1.807, 2.05) is 0 Å². The van der Waals surface area contributed by atoms with Crippen LogP contribution in [0.3, 0.4) is 0 Å². The van der Waals surface area contributed by atoms with Crippen LogP contribution >= 0.6 is 12.2 Å². The maximum absolute atomic E-state index is 10.1. The number of likely N-dealkylation sites (N-methyl/N-ethyl adjacent to an activating group) is 1. The average Bonchev–Trinajstić information content (AvgIpc) is 1.84. The molecule has 0 heterocycles. The van der Waals surface area contributed by atoms with Crippen molar-refractivity contribution >= 4 is 23.3 Å². The van der Waals surface area contributed by atoms with E-state index in [0.29, 0.717) is 5.11 Å². The molecule has 0 bridgehead atoms. The van der Waals surface area contributed by atoms with E-state index in [1.54, 1.807) is 26.0 Å². The fourth-order valence-electron chi connectivity index (χ4n) is 0.603. The standard InChI is InChI=1S/C6H12N2O2S.Na/c1-7(2)6(11)8(3)4-5(9)10;/h4H2,1-3H3,(H,9,10);/q;+1/p-1. The van der Waals surface area contributed by atoms with E-state index in [1.165, 1.54) is 4.90 Å². The normalized spacial score (nSPS) is 8.25. The van der Waals surface area contributed by atoms with Crippen LogP contribution in [0.4, 0.5) is 0 Å². The molecule has 0 aliphatic heterocycles. The zero-order chi connectivity index (χ0) is 9.02. The summed E-state index contributed by atoms with van der Waals surface area (Å²) >= 11 is 4.88. The summed E-state index contributed by atoms with van der Waals surface area (Å²) in [4.78, 5) is 13.2. The molecule has 0 rings (SSSR count). The van der Waals surface area contributed by atoms with Gasteiger partial charge in [0.05, 0.1) is 12.5 Å². The fraction of sp³-hybridized carbons (Fsp3) is 0.667. The number of carboxylic acids is 1. The van der Waals surface area contributed by atoms with Crippen molar-refractivity contribution in [3.63, 3.8) is 0 Å². The predicted octanol–water partition coefficient (Wildman–Crippen LogP) is -4.48. The molecule has 0 aromatic carbocycles. The molecule has 0 unspecified atom stereocenters. The van der Waals surface area contributed by atoms with Gasteiger partial charge in [-0.15, -0.1) is 0 Å². The minimum absolute atomic E-state index is 0. The van der Waals surface area contributed by atoms with Crippen LogP contribution in [0, 0.1) is 0 Å². The molecule has 0 aliphatic carbocycles. The second-order valence-corrected chi connectivity index (χ2v) is 2.77. The van der Waals surface area contributed by atoms with Crippen LogP contribution in [0.5, 0.6) is 0 Å². The molecule has 6 heteroatoms. The summed E-state index contributed by atoms with van der Waals surface area (Å²) in [7, 11) is 5.13. The number of hydrogen-bond donors (Lipinski definition) is 0. The maximum atomic E-state index is 10.1. The Labute approximate surface area is 99.8 Å². The molecular formula is C6H11N2NaO2S. The van der Waals surface area contributed by atoms with Gasteiger partial charge in [0.25, 0.3) is 0 Å². The number of aliphatic carboxylic acids is 1. The van der Waals surface area contributed by atoms with Crippen LogP contribution in [0.15, 0.2) is 0 Å². The second kappa shape index (κ2) is 6.65. The van der Waals surface area contributed by atoms with E-state index in [9.17, 15) is 9.90 Å². The molecule has 0 saturated heterocycles. The summed E-state index contributed by atoms with van der Waals surface area (Å²) in [5.74, 6) is -1.13. The third-order valence-electron chi connectivity index (χ3n) is 1.08. The number of nitrogens with zero attached hydrogens (tertiary/aromatic N) is 2. The Hall–Kier alpha value is 0.160. The Bertz CT molecular complexity index is 175. The third kappa shape index (κ3) is 5.77. The monoisotopic (exact) mass is 198 g/mol. The van der Waals surface area contributed by atoms with E-state index >= 15 is 0 Å². The Balaban J connectivity index is 0. The molecule has 0 aromatic rings. The van der Waals surface area contributed by atoms with Gasteiger partial charge in [-0.3, -0.25) is 0 Å². The van der Waals surface area contributed by atoms with Gasteiger partial charge in [-0.2, -0.15) is 0 Å². The smallest absolute Gasteiger partial charge is 0.548 e. The van der Waals surface area contributed by atoms with Crippen LogP contribution in [0.2, 0.25) is 0 Å². The van der Waals surface area contributed by atoms with Gasteiger partial charge in [0.2, 0.25) is 0 Å². The van der Waals surface area contributed by atoms with Gasteiger partial charge in [0, 0.05) is 21.1 Å². The van der Waals surface area contributed by atoms with Crippen molar-refractivity contribution in [3.8, 4) is 0 Å². The first-order chi connectivity index (χ1) is 4.95. The number of thiocarbonyl (C=S) groups is 1. The molecule has 64 valence electrons. The summed E-state index contributed by atoms with van der Waals surface area (Å²) in [6, 6.07) is 0. The number of carbonyl (C=O) groups is 1. The Morgan fingerprint density at radius 3 is 2.08 bits per heavy atom. The minimum Gasteiger partial charge on any atom is -0.548 e. The van der Waals surface area contributed by atoms with E-state index in [-0.39, 0.29) is 36.1 Å². The van der Waals surface area contributed by atoms with Crippen molar-refractivity contribution in [1.82, 2.24) is 9.80 Å². The van der Waals surface area contributed by atoms with Crippen LogP contribution in [-0.4, -0.2) is 48.6 Å². The van der Waals surface area contributed by atoms with Gasteiger partial charge in [-0.05, 0) is 12.2 Å². The number of carbonyl (C=O) groups excluding carboxylic acids is 1. The van der Waals surface area contributed by atoms with Gasteiger partial charge >= 0.3 is 29.6 Å². The van der Waals surface area contributed by atoms with Crippen LogP contribution in [-0.2, 0) is 4.79 Å². The second-order valence-electron chi connectivity index (χ2n) is 2.41. The van der Waals surface area contributed by atoms with Crippen molar-refractivity contribution < 1.29 is 39.5 Å². The van der Waals surface area contributed by atoms with Gasteiger partial charge in [0.15, 0.2) is 5.11 Å². The third-order valence-corrected chi connectivity index (χ3v) is 1.75. The SMILES string of the molecule is CN(C)C(=S)N(C)CC(=O)[O-].[Na+]. The van der Waals surface area contributed by atoms with Crippen LogP contribution < -0.4 is 34.7 Å². The van der Waals surface area contributed by atoms with Crippen molar-refractivity contribution in [2.75, 3.05) is 27.7 Å². The average molecular weight is 198 g/mol. The number of hydrogen-bond acceptors (Lipinski definition) is 3. The molecule has 0 N–H and O–H groups in total. The molecule has 12 heavy (non-hydrogen) atoms. The molecule has 0 aromatic heterocycles. The molecule has 0 fully saturated rings. The van der Waals surface area contributed by atoms with Crippen molar-refractivity contribution in [2.45, 2.75) is 0 Å². The summed E-state index contributed by atoms with van der Waals surface area (Å²) in [6.45, 7) is -0.170. The van der Waals surface area contributed by atoms with E-state index in [2.05, 4.69) is 0 Å².